The van der Waals surface area contributed by atoms with Crippen LogP contribution in [-0.2, 0) is 21.2 Å². The first kappa shape index (κ1) is 27.8. The predicted molar refractivity (Wildman–Crippen MR) is 143 cm³/mol. The van der Waals surface area contributed by atoms with Crippen LogP contribution >= 0.6 is 23.2 Å². The Morgan fingerprint density at radius 3 is 2.26 bits per heavy atom. The second kappa shape index (κ2) is 11.7. The van der Waals surface area contributed by atoms with Gasteiger partial charge in [-0.15, -0.1) is 0 Å². The van der Waals surface area contributed by atoms with E-state index in [0.717, 1.165) is 17.2 Å². The van der Waals surface area contributed by atoms with Crippen molar-refractivity contribution in [1.82, 2.24) is 9.62 Å². The zero-order valence-electron chi connectivity index (χ0n) is 19.9. The van der Waals surface area contributed by atoms with Crippen molar-refractivity contribution in [1.29, 1.82) is 0 Å². The summed E-state index contributed by atoms with van der Waals surface area (Å²) in [5.41, 5.74) is 2.50. The molecule has 0 spiro atoms. The molecule has 0 bridgehead atoms. The first-order valence-electron chi connectivity index (χ1n) is 11.6. The maximum atomic E-state index is 13.5. The monoisotopic (exact) mass is 576 g/mol. The quantitative estimate of drug-likeness (QED) is 0.391. The van der Waals surface area contributed by atoms with Crippen LogP contribution in [0.25, 0.3) is 5.57 Å². The number of rotatable bonds is 8. The number of aliphatic carboxylic acids is 1. The predicted octanol–water partition coefficient (Wildman–Crippen LogP) is 5.04. The molecule has 1 heterocycles. The molecule has 7 nitrogen and oxygen atoms in total. The summed E-state index contributed by atoms with van der Waals surface area (Å²) in [4.78, 5) is 24.4. The molecular formula is C27H23Cl2FN2O5S. The minimum absolute atomic E-state index is 0.00937. The van der Waals surface area contributed by atoms with Gasteiger partial charge in [-0.05, 0) is 53.5 Å². The second-order valence-corrected chi connectivity index (χ2v) is 11.4. The number of hydrogen-bond acceptors (Lipinski definition) is 4. The highest BCUT2D eigenvalue weighted by Crippen LogP contribution is 2.27. The number of nitrogens with one attached hydrogen (secondary N) is 1. The van der Waals surface area contributed by atoms with Gasteiger partial charge < -0.3 is 10.4 Å². The zero-order valence-corrected chi connectivity index (χ0v) is 22.2. The summed E-state index contributed by atoms with van der Waals surface area (Å²) in [6.45, 7) is 0.387. The van der Waals surface area contributed by atoms with E-state index in [2.05, 4.69) is 5.32 Å². The Morgan fingerprint density at radius 2 is 1.68 bits per heavy atom. The van der Waals surface area contributed by atoms with Crippen LogP contribution in [0.3, 0.4) is 0 Å². The van der Waals surface area contributed by atoms with Crippen molar-refractivity contribution in [3.8, 4) is 0 Å². The van der Waals surface area contributed by atoms with E-state index < -0.39 is 33.8 Å². The second-order valence-electron chi connectivity index (χ2n) is 8.66. The molecule has 0 saturated carbocycles. The lowest BCUT2D eigenvalue weighted by Crippen LogP contribution is -2.42. The normalized spacial score (nSPS) is 15.0. The summed E-state index contributed by atoms with van der Waals surface area (Å²) in [5.74, 6) is -2.51. The summed E-state index contributed by atoms with van der Waals surface area (Å²) < 4.78 is 40.5. The molecule has 0 aromatic heterocycles. The van der Waals surface area contributed by atoms with Crippen LogP contribution in [0.1, 0.15) is 27.9 Å². The van der Waals surface area contributed by atoms with Gasteiger partial charge in [0.25, 0.3) is 5.91 Å². The Labute approximate surface area is 229 Å². The van der Waals surface area contributed by atoms with E-state index in [1.54, 1.807) is 18.2 Å². The molecule has 1 atom stereocenters. The average molecular weight is 577 g/mol. The number of carbonyl (C=O) groups is 2. The number of carboxylic acid groups (broad SMARTS) is 1. The molecular weight excluding hydrogens is 554 g/mol. The highest BCUT2D eigenvalue weighted by molar-refractivity contribution is 7.89. The molecule has 3 aromatic carbocycles. The van der Waals surface area contributed by atoms with E-state index in [9.17, 15) is 27.5 Å². The van der Waals surface area contributed by atoms with Gasteiger partial charge in [0.15, 0.2) is 0 Å². The Kier molecular flexibility index (Phi) is 8.52. The number of hydrogen-bond donors (Lipinski definition) is 2. The van der Waals surface area contributed by atoms with Crippen LogP contribution in [0.4, 0.5) is 4.39 Å². The highest BCUT2D eigenvalue weighted by Gasteiger charge is 2.27. The Bertz CT molecular complexity index is 1490. The Hall–Kier alpha value is -3.24. The smallest absolute Gasteiger partial charge is 0.326 e. The van der Waals surface area contributed by atoms with Crippen LogP contribution < -0.4 is 5.32 Å². The SMILES string of the molecule is O=C(N[C@@H](Cc1ccc(C2=CCN(S(=O)(=O)c3cccc(F)c3)CC2)cc1)C(=O)O)c1c(Cl)cccc1Cl. The summed E-state index contributed by atoms with van der Waals surface area (Å²) >= 11 is 12.1. The molecule has 4 rings (SSSR count). The minimum atomic E-state index is -3.81. The number of benzene rings is 3. The summed E-state index contributed by atoms with van der Waals surface area (Å²) in [6, 6.07) is 15.4. The van der Waals surface area contributed by atoms with Crippen LogP contribution in [0.5, 0.6) is 0 Å². The first-order chi connectivity index (χ1) is 18.1. The fourth-order valence-electron chi connectivity index (χ4n) is 4.14. The fourth-order valence-corrected chi connectivity index (χ4v) is 6.13. The average Bonchev–Trinajstić information content (AvgIpc) is 2.88. The molecule has 0 unspecified atom stereocenters. The summed E-state index contributed by atoms with van der Waals surface area (Å²) in [7, 11) is -3.81. The third-order valence-electron chi connectivity index (χ3n) is 6.16. The largest absolute Gasteiger partial charge is 0.480 e. The van der Waals surface area contributed by atoms with E-state index >= 15 is 0 Å². The molecule has 198 valence electrons. The van der Waals surface area contributed by atoms with Crippen LogP contribution in [-0.4, -0.2) is 48.8 Å². The van der Waals surface area contributed by atoms with Crippen molar-refractivity contribution in [2.45, 2.75) is 23.8 Å². The van der Waals surface area contributed by atoms with Crippen molar-refractivity contribution in [2.24, 2.45) is 0 Å². The lowest BCUT2D eigenvalue weighted by molar-refractivity contribution is -0.139. The van der Waals surface area contributed by atoms with Gasteiger partial charge in [-0.25, -0.2) is 17.6 Å². The molecule has 38 heavy (non-hydrogen) atoms. The van der Waals surface area contributed by atoms with Crippen molar-refractivity contribution in [2.75, 3.05) is 13.1 Å². The van der Waals surface area contributed by atoms with E-state index in [1.807, 2.05) is 18.2 Å². The van der Waals surface area contributed by atoms with Crippen LogP contribution in [0.2, 0.25) is 10.0 Å². The lowest BCUT2D eigenvalue weighted by Gasteiger charge is -2.26. The molecule has 11 heteroatoms. The molecule has 0 fully saturated rings. The topological polar surface area (TPSA) is 104 Å². The maximum Gasteiger partial charge on any atom is 0.326 e. The number of amides is 1. The van der Waals surface area contributed by atoms with Crippen LogP contribution in [0, 0.1) is 5.82 Å². The fraction of sp³-hybridized carbons (Fsp3) is 0.185. The van der Waals surface area contributed by atoms with Gasteiger partial charge in [0.1, 0.15) is 11.9 Å². The highest BCUT2D eigenvalue weighted by atomic mass is 35.5. The summed E-state index contributed by atoms with van der Waals surface area (Å²) in [5, 5.41) is 12.4. The van der Waals surface area contributed by atoms with Gasteiger partial charge in [0, 0.05) is 19.5 Å². The number of carboxylic acids is 1. The van der Waals surface area contributed by atoms with Crippen molar-refractivity contribution < 1.29 is 27.5 Å². The molecule has 1 aliphatic rings. The van der Waals surface area contributed by atoms with E-state index in [4.69, 9.17) is 23.2 Å². The van der Waals surface area contributed by atoms with Crippen molar-refractivity contribution in [3.05, 3.63) is 105 Å². The third kappa shape index (κ3) is 6.24. The number of halogens is 3. The maximum absolute atomic E-state index is 13.5. The summed E-state index contributed by atoms with van der Waals surface area (Å²) in [6.07, 6.45) is 2.30. The van der Waals surface area contributed by atoms with Crippen molar-refractivity contribution in [3.63, 3.8) is 0 Å². The van der Waals surface area contributed by atoms with Crippen LogP contribution in [0.15, 0.2) is 77.7 Å². The van der Waals surface area contributed by atoms with Gasteiger partial charge in [-0.1, -0.05) is 65.7 Å². The molecule has 0 saturated heterocycles. The Balaban J connectivity index is 1.42. The van der Waals surface area contributed by atoms with Gasteiger partial charge in [0.2, 0.25) is 10.0 Å². The number of nitrogens with zero attached hydrogens (tertiary/aromatic N) is 1. The van der Waals surface area contributed by atoms with E-state index in [-0.39, 0.29) is 40.0 Å². The standard InChI is InChI=1S/C27H23Cl2FN2O5S/c28-22-5-2-6-23(29)25(22)26(33)31-24(27(34)35)15-17-7-9-18(10-8-17)19-11-13-32(14-12-19)38(36,37)21-4-1-3-20(30)16-21/h1-11,16,24H,12-15H2,(H,31,33)(H,34,35)/t24-/m0/s1. The van der Waals surface area contributed by atoms with Gasteiger partial charge in [0.05, 0.1) is 20.5 Å². The minimum Gasteiger partial charge on any atom is -0.480 e. The molecule has 1 aliphatic heterocycles. The number of carbonyl (C=O) groups excluding carboxylic acids is 1. The first-order valence-corrected chi connectivity index (χ1v) is 13.8. The van der Waals surface area contributed by atoms with Gasteiger partial charge in [-0.2, -0.15) is 4.31 Å². The molecule has 0 radical (unpaired) electrons. The van der Waals surface area contributed by atoms with E-state index in [0.29, 0.717) is 12.0 Å². The molecule has 2 N–H and O–H groups in total. The molecule has 1 amide bonds. The third-order valence-corrected chi connectivity index (χ3v) is 8.65. The Morgan fingerprint density at radius 1 is 1.03 bits per heavy atom. The molecule has 0 aliphatic carbocycles. The van der Waals surface area contributed by atoms with Crippen molar-refractivity contribution >= 4 is 50.7 Å². The lowest BCUT2D eigenvalue weighted by atomic mass is 9.97. The van der Waals surface area contributed by atoms with E-state index in [1.165, 1.54) is 34.6 Å². The van der Waals surface area contributed by atoms with Gasteiger partial charge >= 0.3 is 5.97 Å². The molecule has 3 aromatic rings. The number of sulfonamides is 1. The zero-order chi connectivity index (χ0) is 27.4. The van der Waals surface area contributed by atoms with Gasteiger partial charge in [-0.3, -0.25) is 4.79 Å².